The summed E-state index contributed by atoms with van der Waals surface area (Å²) in [6, 6.07) is 7.17. The number of carbonyl (C=O) groups excluding carboxylic acids is 1. The fourth-order valence-electron chi connectivity index (χ4n) is 4.41. The lowest BCUT2D eigenvalue weighted by Gasteiger charge is -2.34. The van der Waals surface area contributed by atoms with Crippen LogP contribution in [-0.4, -0.2) is 40.6 Å². The SMILES string of the molecule is CCn1c(C(C)N(CCCOC)C(=O)C2CCCCC2)nc2ccccc2c1=O. The minimum Gasteiger partial charge on any atom is -0.385 e. The van der Waals surface area contributed by atoms with E-state index in [4.69, 9.17) is 9.72 Å². The van der Waals surface area contributed by atoms with Crippen LogP contribution >= 0.6 is 0 Å². The molecule has 0 N–H and O–H groups in total. The van der Waals surface area contributed by atoms with Crippen molar-refractivity contribution in [2.45, 2.75) is 65.0 Å². The molecule has 1 unspecified atom stereocenters. The molecule has 1 aromatic carbocycles. The Balaban J connectivity index is 1.98. The lowest BCUT2D eigenvalue weighted by atomic mass is 9.88. The van der Waals surface area contributed by atoms with Crippen LogP contribution in [0.2, 0.25) is 0 Å². The van der Waals surface area contributed by atoms with Crippen molar-refractivity contribution in [1.29, 1.82) is 0 Å². The zero-order valence-corrected chi connectivity index (χ0v) is 17.9. The third kappa shape index (κ3) is 4.69. The Kier molecular flexibility index (Phi) is 7.42. The maximum atomic E-state index is 13.4. The molecule has 1 fully saturated rings. The van der Waals surface area contributed by atoms with Gasteiger partial charge in [0.1, 0.15) is 5.82 Å². The molecule has 0 aliphatic heterocycles. The Bertz CT molecular complexity index is 887. The van der Waals surface area contributed by atoms with Crippen LogP contribution in [0.5, 0.6) is 0 Å². The van der Waals surface area contributed by atoms with Crippen molar-refractivity contribution >= 4 is 16.8 Å². The molecule has 1 aliphatic carbocycles. The summed E-state index contributed by atoms with van der Waals surface area (Å²) >= 11 is 0. The second-order valence-electron chi connectivity index (χ2n) is 7.93. The van der Waals surface area contributed by atoms with Crippen LogP contribution in [0.15, 0.2) is 29.1 Å². The third-order valence-electron chi connectivity index (χ3n) is 6.03. The van der Waals surface area contributed by atoms with Crippen LogP contribution in [0.3, 0.4) is 0 Å². The highest BCUT2D eigenvalue weighted by molar-refractivity contribution is 5.80. The molecule has 158 valence electrons. The van der Waals surface area contributed by atoms with Crippen LogP contribution in [0.25, 0.3) is 10.9 Å². The number of methoxy groups -OCH3 is 1. The molecule has 6 heteroatoms. The van der Waals surface area contributed by atoms with Gasteiger partial charge < -0.3 is 9.64 Å². The number of ether oxygens (including phenoxy) is 1. The maximum Gasteiger partial charge on any atom is 0.261 e. The largest absolute Gasteiger partial charge is 0.385 e. The summed E-state index contributed by atoms with van der Waals surface area (Å²) < 4.78 is 6.93. The Morgan fingerprint density at radius 3 is 2.69 bits per heavy atom. The van der Waals surface area contributed by atoms with Gasteiger partial charge in [0, 0.05) is 32.7 Å². The minimum absolute atomic E-state index is 0.0399. The van der Waals surface area contributed by atoms with Crippen LogP contribution in [-0.2, 0) is 16.1 Å². The molecule has 1 heterocycles. The Morgan fingerprint density at radius 2 is 2.00 bits per heavy atom. The van der Waals surface area contributed by atoms with Gasteiger partial charge in [-0.2, -0.15) is 0 Å². The molecule has 0 radical (unpaired) electrons. The first-order chi connectivity index (χ1) is 14.1. The van der Waals surface area contributed by atoms with E-state index in [0.717, 1.165) is 32.1 Å². The number of benzene rings is 1. The first-order valence-corrected chi connectivity index (χ1v) is 10.9. The Labute approximate surface area is 172 Å². The van der Waals surface area contributed by atoms with E-state index in [-0.39, 0.29) is 23.4 Å². The third-order valence-corrected chi connectivity index (χ3v) is 6.03. The summed E-state index contributed by atoms with van der Waals surface area (Å²) in [6.07, 6.45) is 6.12. The molecule has 3 rings (SSSR count). The molecular formula is C23H33N3O3. The van der Waals surface area contributed by atoms with Gasteiger partial charge in [0.2, 0.25) is 5.91 Å². The quantitative estimate of drug-likeness (QED) is 0.631. The standard InChI is InChI=1S/C23H33N3O3/c1-4-25-21(24-20-14-9-8-13-19(20)23(25)28)17(2)26(15-10-16-29-3)22(27)18-11-6-5-7-12-18/h8-9,13-14,17-18H,4-7,10-12,15-16H2,1-3H3. The average Bonchev–Trinajstić information content (AvgIpc) is 2.76. The number of rotatable bonds is 8. The fourth-order valence-corrected chi connectivity index (χ4v) is 4.41. The van der Waals surface area contributed by atoms with Gasteiger partial charge >= 0.3 is 0 Å². The molecule has 2 aromatic rings. The highest BCUT2D eigenvalue weighted by Gasteiger charge is 2.31. The van der Waals surface area contributed by atoms with Crippen molar-refractivity contribution in [3.8, 4) is 0 Å². The van der Waals surface area contributed by atoms with Gasteiger partial charge in [-0.3, -0.25) is 14.2 Å². The van der Waals surface area contributed by atoms with E-state index >= 15 is 0 Å². The summed E-state index contributed by atoms with van der Waals surface area (Å²) in [5.41, 5.74) is 0.646. The van der Waals surface area contributed by atoms with E-state index in [2.05, 4.69) is 0 Å². The number of hydrogen-bond donors (Lipinski definition) is 0. The molecule has 1 aromatic heterocycles. The zero-order valence-electron chi connectivity index (χ0n) is 17.9. The van der Waals surface area contributed by atoms with E-state index in [1.807, 2.05) is 43.0 Å². The molecule has 0 spiro atoms. The lowest BCUT2D eigenvalue weighted by molar-refractivity contribution is -0.139. The number of carbonyl (C=O) groups is 1. The molecule has 0 saturated heterocycles. The molecule has 1 amide bonds. The van der Waals surface area contributed by atoms with Crippen molar-refractivity contribution in [3.63, 3.8) is 0 Å². The normalized spacial score (nSPS) is 16.1. The first kappa shape index (κ1) is 21.5. The van der Waals surface area contributed by atoms with Gasteiger partial charge in [0.15, 0.2) is 0 Å². The second kappa shape index (κ2) is 10.0. The van der Waals surface area contributed by atoms with Gasteiger partial charge in [-0.25, -0.2) is 4.98 Å². The molecular weight excluding hydrogens is 366 g/mol. The van der Waals surface area contributed by atoms with Crippen molar-refractivity contribution < 1.29 is 9.53 Å². The van der Waals surface area contributed by atoms with Crippen LogP contribution in [0.4, 0.5) is 0 Å². The topological polar surface area (TPSA) is 64.4 Å². The monoisotopic (exact) mass is 399 g/mol. The molecule has 6 nitrogen and oxygen atoms in total. The molecule has 0 bridgehead atoms. The van der Waals surface area contributed by atoms with Gasteiger partial charge in [0.05, 0.1) is 16.9 Å². The highest BCUT2D eigenvalue weighted by Crippen LogP contribution is 2.29. The average molecular weight is 400 g/mol. The van der Waals surface area contributed by atoms with Gasteiger partial charge in [0.25, 0.3) is 5.56 Å². The van der Waals surface area contributed by atoms with Crippen LogP contribution < -0.4 is 5.56 Å². The van der Waals surface area contributed by atoms with Crippen LogP contribution in [0.1, 0.15) is 64.2 Å². The van der Waals surface area contributed by atoms with E-state index in [1.165, 1.54) is 6.42 Å². The van der Waals surface area contributed by atoms with Crippen molar-refractivity contribution in [2.24, 2.45) is 5.92 Å². The number of para-hydroxylation sites is 1. The van der Waals surface area contributed by atoms with Gasteiger partial charge in [-0.05, 0) is 45.2 Å². The predicted octanol–water partition coefficient (Wildman–Crippen LogP) is 3.92. The van der Waals surface area contributed by atoms with E-state index in [9.17, 15) is 9.59 Å². The van der Waals surface area contributed by atoms with Crippen LogP contribution in [0, 0.1) is 5.92 Å². The zero-order chi connectivity index (χ0) is 20.8. The molecule has 1 saturated carbocycles. The number of amides is 1. The summed E-state index contributed by atoms with van der Waals surface area (Å²) in [5.74, 6) is 0.937. The minimum atomic E-state index is -0.265. The summed E-state index contributed by atoms with van der Waals surface area (Å²) in [7, 11) is 1.68. The predicted molar refractivity (Wildman–Crippen MR) is 115 cm³/mol. The highest BCUT2D eigenvalue weighted by atomic mass is 16.5. The summed E-state index contributed by atoms with van der Waals surface area (Å²) in [4.78, 5) is 33.2. The van der Waals surface area contributed by atoms with E-state index in [0.29, 0.717) is 36.4 Å². The van der Waals surface area contributed by atoms with Crippen molar-refractivity contribution in [2.75, 3.05) is 20.3 Å². The van der Waals surface area contributed by atoms with E-state index in [1.54, 1.807) is 11.7 Å². The maximum absolute atomic E-state index is 13.4. The first-order valence-electron chi connectivity index (χ1n) is 10.9. The Hall–Kier alpha value is -2.21. The Morgan fingerprint density at radius 1 is 1.28 bits per heavy atom. The van der Waals surface area contributed by atoms with Gasteiger partial charge in [-0.1, -0.05) is 31.4 Å². The summed E-state index contributed by atoms with van der Waals surface area (Å²) in [5, 5.41) is 0.620. The lowest BCUT2D eigenvalue weighted by Crippen LogP contribution is -2.42. The number of nitrogens with zero attached hydrogens (tertiary/aromatic N) is 3. The van der Waals surface area contributed by atoms with Crippen molar-refractivity contribution in [3.05, 3.63) is 40.4 Å². The number of fused-ring (bicyclic) bond motifs is 1. The summed E-state index contributed by atoms with van der Waals surface area (Å²) in [6.45, 7) is 5.69. The van der Waals surface area contributed by atoms with Crippen molar-refractivity contribution in [1.82, 2.24) is 14.5 Å². The second-order valence-corrected chi connectivity index (χ2v) is 7.93. The molecule has 29 heavy (non-hydrogen) atoms. The van der Waals surface area contributed by atoms with Gasteiger partial charge in [-0.15, -0.1) is 0 Å². The number of aromatic nitrogens is 2. The molecule has 1 atom stereocenters. The fraction of sp³-hybridized carbons (Fsp3) is 0.609. The smallest absolute Gasteiger partial charge is 0.261 e. The molecule has 1 aliphatic rings. The number of hydrogen-bond acceptors (Lipinski definition) is 4. The van der Waals surface area contributed by atoms with E-state index < -0.39 is 0 Å².